The highest BCUT2D eigenvalue weighted by Crippen LogP contribution is 2.11. The Morgan fingerprint density at radius 3 is 2.65 bits per heavy atom. The molecule has 1 aromatic rings. The van der Waals surface area contributed by atoms with Crippen LogP contribution in [0.2, 0.25) is 0 Å². The topological polar surface area (TPSA) is 58.6 Å². The standard InChI is InChI=1S/C14H22FNO3S/c1-11(20(2)18)7-8-16-9-13(17)10-19-14-5-3-12(15)4-6-14/h3-6,11,13,16-17H,7-10H2,1-2H3. The van der Waals surface area contributed by atoms with Gasteiger partial charge in [-0.1, -0.05) is 6.92 Å². The summed E-state index contributed by atoms with van der Waals surface area (Å²) >= 11 is 0. The van der Waals surface area contributed by atoms with Gasteiger partial charge in [-0.15, -0.1) is 0 Å². The van der Waals surface area contributed by atoms with Crippen LogP contribution >= 0.6 is 0 Å². The second-order valence-electron chi connectivity index (χ2n) is 4.72. The Balaban J connectivity index is 2.13. The van der Waals surface area contributed by atoms with Crippen molar-refractivity contribution in [2.24, 2.45) is 0 Å². The van der Waals surface area contributed by atoms with Gasteiger partial charge in [0.05, 0.1) is 0 Å². The summed E-state index contributed by atoms with van der Waals surface area (Å²) in [5.41, 5.74) is 0. The third-order valence-corrected chi connectivity index (χ3v) is 4.30. The second kappa shape index (κ2) is 9.05. The van der Waals surface area contributed by atoms with E-state index in [1.165, 1.54) is 24.3 Å². The van der Waals surface area contributed by atoms with Crippen molar-refractivity contribution in [3.05, 3.63) is 30.1 Å². The van der Waals surface area contributed by atoms with Crippen molar-refractivity contribution in [2.45, 2.75) is 24.7 Å². The third-order valence-electron chi connectivity index (χ3n) is 2.93. The number of hydrogen-bond acceptors (Lipinski definition) is 4. The molecule has 4 nitrogen and oxygen atoms in total. The molecular formula is C14H22FNO3S. The van der Waals surface area contributed by atoms with Gasteiger partial charge in [0.15, 0.2) is 0 Å². The molecule has 0 aromatic heterocycles. The highest BCUT2D eigenvalue weighted by atomic mass is 32.2. The fourth-order valence-corrected chi connectivity index (χ4v) is 1.97. The minimum absolute atomic E-state index is 0.147. The summed E-state index contributed by atoms with van der Waals surface area (Å²) in [5.74, 6) is 0.211. The molecule has 0 aliphatic carbocycles. The average Bonchev–Trinajstić information content (AvgIpc) is 2.42. The molecule has 0 bridgehead atoms. The van der Waals surface area contributed by atoms with Crippen LogP contribution < -0.4 is 10.1 Å². The zero-order chi connectivity index (χ0) is 15.0. The van der Waals surface area contributed by atoms with Gasteiger partial charge in [0.2, 0.25) is 0 Å². The van der Waals surface area contributed by atoms with Crippen LogP contribution in [0.5, 0.6) is 5.75 Å². The molecule has 0 saturated heterocycles. The van der Waals surface area contributed by atoms with Gasteiger partial charge >= 0.3 is 0 Å². The number of aliphatic hydroxyl groups is 1. The molecule has 3 unspecified atom stereocenters. The Morgan fingerprint density at radius 2 is 2.05 bits per heavy atom. The maximum absolute atomic E-state index is 12.7. The van der Waals surface area contributed by atoms with E-state index in [1.54, 1.807) is 6.26 Å². The number of nitrogens with one attached hydrogen (secondary N) is 1. The molecule has 20 heavy (non-hydrogen) atoms. The van der Waals surface area contributed by atoms with Gasteiger partial charge in [0.1, 0.15) is 24.3 Å². The SMILES string of the molecule is CC(CCNCC(O)COc1ccc(F)cc1)S(C)=O. The zero-order valence-electron chi connectivity index (χ0n) is 11.8. The highest BCUT2D eigenvalue weighted by Gasteiger charge is 2.08. The Bertz CT molecular complexity index is 413. The average molecular weight is 303 g/mol. The Hall–Kier alpha value is -0.980. The van der Waals surface area contributed by atoms with Crippen molar-refractivity contribution >= 4 is 10.8 Å². The maximum Gasteiger partial charge on any atom is 0.123 e. The van der Waals surface area contributed by atoms with Crippen LogP contribution in [0.15, 0.2) is 24.3 Å². The molecule has 0 saturated carbocycles. The summed E-state index contributed by atoms with van der Waals surface area (Å²) in [6, 6.07) is 5.67. The highest BCUT2D eigenvalue weighted by molar-refractivity contribution is 7.84. The molecule has 0 amide bonds. The summed E-state index contributed by atoms with van der Waals surface area (Å²) < 4.78 is 29.2. The van der Waals surface area contributed by atoms with Crippen molar-refractivity contribution < 1.29 is 18.4 Å². The number of benzene rings is 1. The quantitative estimate of drug-likeness (QED) is 0.675. The number of rotatable bonds is 9. The predicted octanol–water partition coefficient (Wildman–Crippen LogP) is 1.31. The lowest BCUT2D eigenvalue weighted by atomic mass is 10.3. The van der Waals surface area contributed by atoms with Crippen LogP contribution in [-0.4, -0.2) is 46.6 Å². The number of ether oxygens (including phenoxy) is 1. The summed E-state index contributed by atoms with van der Waals surface area (Å²) in [4.78, 5) is 0. The van der Waals surface area contributed by atoms with Crippen LogP contribution in [0.4, 0.5) is 4.39 Å². The van der Waals surface area contributed by atoms with E-state index >= 15 is 0 Å². The molecule has 114 valence electrons. The summed E-state index contributed by atoms with van der Waals surface area (Å²) in [5, 5.41) is 13.0. The van der Waals surface area contributed by atoms with Crippen molar-refractivity contribution in [1.82, 2.24) is 5.32 Å². The predicted molar refractivity (Wildman–Crippen MR) is 78.9 cm³/mol. The van der Waals surface area contributed by atoms with Crippen LogP contribution in [0.1, 0.15) is 13.3 Å². The zero-order valence-corrected chi connectivity index (χ0v) is 12.7. The minimum Gasteiger partial charge on any atom is -0.491 e. The maximum atomic E-state index is 12.7. The summed E-state index contributed by atoms with van der Waals surface area (Å²) in [6.07, 6.45) is 1.85. The van der Waals surface area contributed by atoms with Crippen molar-refractivity contribution in [3.63, 3.8) is 0 Å². The molecule has 0 aliphatic rings. The van der Waals surface area contributed by atoms with E-state index in [0.717, 1.165) is 6.42 Å². The Kier molecular flexibility index (Phi) is 7.72. The molecule has 2 N–H and O–H groups in total. The van der Waals surface area contributed by atoms with Crippen LogP contribution in [-0.2, 0) is 10.8 Å². The third kappa shape index (κ3) is 6.98. The van der Waals surface area contributed by atoms with Gasteiger partial charge in [-0.3, -0.25) is 4.21 Å². The molecule has 1 aromatic carbocycles. The van der Waals surface area contributed by atoms with Gasteiger partial charge in [-0.2, -0.15) is 0 Å². The molecule has 0 radical (unpaired) electrons. The van der Waals surface area contributed by atoms with Gasteiger partial charge in [-0.05, 0) is 37.2 Å². The second-order valence-corrected chi connectivity index (χ2v) is 6.52. The van der Waals surface area contributed by atoms with E-state index in [4.69, 9.17) is 4.74 Å². The molecule has 0 fully saturated rings. The first kappa shape index (κ1) is 17.1. The van der Waals surface area contributed by atoms with Crippen LogP contribution in [0, 0.1) is 5.82 Å². The van der Waals surface area contributed by atoms with E-state index in [1.807, 2.05) is 6.92 Å². The summed E-state index contributed by atoms with van der Waals surface area (Å²) in [7, 11) is -0.813. The lowest BCUT2D eigenvalue weighted by molar-refractivity contribution is 0.106. The first-order valence-corrected chi connectivity index (χ1v) is 8.20. The van der Waals surface area contributed by atoms with Crippen molar-refractivity contribution in [2.75, 3.05) is 26.0 Å². The van der Waals surface area contributed by atoms with Crippen molar-refractivity contribution in [3.8, 4) is 5.75 Å². The fraction of sp³-hybridized carbons (Fsp3) is 0.571. The van der Waals surface area contributed by atoms with E-state index in [2.05, 4.69) is 5.32 Å². The van der Waals surface area contributed by atoms with E-state index in [0.29, 0.717) is 18.8 Å². The van der Waals surface area contributed by atoms with Crippen LogP contribution in [0.3, 0.4) is 0 Å². The summed E-state index contributed by atoms with van der Waals surface area (Å²) in [6.45, 7) is 3.19. The van der Waals surface area contributed by atoms with E-state index in [9.17, 15) is 13.7 Å². The number of aliphatic hydroxyl groups excluding tert-OH is 1. The molecule has 1 rings (SSSR count). The largest absolute Gasteiger partial charge is 0.491 e. The molecule has 0 heterocycles. The van der Waals surface area contributed by atoms with Crippen molar-refractivity contribution in [1.29, 1.82) is 0 Å². The molecule has 3 atom stereocenters. The fourth-order valence-electron chi connectivity index (χ4n) is 1.52. The normalized spacial score (nSPS) is 15.6. The Morgan fingerprint density at radius 1 is 1.40 bits per heavy atom. The van der Waals surface area contributed by atoms with Gasteiger partial charge < -0.3 is 15.2 Å². The van der Waals surface area contributed by atoms with Gasteiger partial charge in [-0.25, -0.2) is 4.39 Å². The monoisotopic (exact) mass is 303 g/mol. The van der Waals surface area contributed by atoms with Gasteiger partial charge in [0.25, 0.3) is 0 Å². The van der Waals surface area contributed by atoms with Crippen LogP contribution in [0.25, 0.3) is 0 Å². The molecular weight excluding hydrogens is 281 g/mol. The number of hydrogen-bond donors (Lipinski definition) is 2. The first-order valence-electron chi connectivity index (χ1n) is 6.58. The minimum atomic E-state index is -0.813. The lowest BCUT2D eigenvalue weighted by Crippen LogP contribution is -2.33. The smallest absolute Gasteiger partial charge is 0.123 e. The molecule has 6 heteroatoms. The molecule has 0 aliphatic heterocycles. The first-order chi connectivity index (χ1) is 9.49. The van der Waals surface area contributed by atoms with Gasteiger partial charge in [0, 0.05) is 28.9 Å². The molecule has 0 spiro atoms. The number of halogens is 1. The Labute approximate surface area is 121 Å². The van der Waals surface area contributed by atoms with E-state index in [-0.39, 0.29) is 17.7 Å². The van der Waals surface area contributed by atoms with E-state index < -0.39 is 16.9 Å². The lowest BCUT2D eigenvalue weighted by Gasteiger charge is -2.14.